The highest BCUT2D eigenvalue weighted by atomic mass is 35.5. The Kier molecular flexibility index (Phi) is 5.95. The van der Waals surface area contributed by atoms with Crippen LogP contribution in [0.2, 0.25) is 5.02 Å². The van der Waals surface area contributed by atoms with Gasteiger partial charge in [-0.15, -0.1) is 0 Å². The summed E-state index contributed by atoms with van der Waals surface area (Å²) in [7, 11) is 0. The average molecular weight is 469 g/mol. The van der Waals surface area contributed by atoms with Crippen LogP contribution >= 0.6 is 11.6 Å². The fraction of sp³-hybridized carbons (Fsp3) is 0.143. The molecule has 0 radical (unpaired) electrons. The molecule has 0 saturated heterocycles. The monoisotopic (exact) mass is 468 g/mol. The largest absolute Gasteiger partial charge is 0.399 e. The van der Waals surface area contributed by atoms with Crippen LogP contribution in [0, 0.1) is 0 Å². The van der Waals surface area contributed by atoms with Gasteiger partial charge in [-0.25, -0.2) is 0 Å². The number of aromatic nitrogens is 1. The van der Waals surface area contributed by atoms with Crippen molar-refractivity contribution in [1.82, 2.24) is 4.98 Å². The second-order valence-corrected chi connectivity index (χ2v) is 8.98. The molecule has 2 heterocycles. The Balaban J connectivity index is 1.49. The fourth-order valence-electron chi connectivity index (χ4n) is 4.53. The quantitative estimate of drug-likeness (QED) is 0.343. The van der Waals surface area contributed by atoms with Crippen LogP contribution < -0.4 is 16.0 Å². The van der Waals surface area contributed by atoms with Crippen molar-refractivity contribution < 1.29 is 4.79 Å². The van der Waals surface area contributed by atoms with Gasteiger partial charge in [0, 0.05) is 40.5 Å². The fourth-order valence-corrected chi connectivity index (χ4v) is 4.66. The predicted molar refractivity (Wildman–Crippen MR) is 138 cm³/mol. The van der Waals surface area contributed by atoms with Gasteiger partial charge in [-0.3, -0.25) is 9.78 Å². The number of carbonyl (C=O) groups is 1. The number of nitrogen functional groups attached to an aromatic ring is 1. The number of nitrogens with zero attached hydrogens (tertiary/aromatic N) is 2. The molecule has 0 aliphatic carbocycles. The minimum atomic E-state index is -0.286. The first-order valence-electron chi connectivity index (χ1n) is 11.2. The number of halogens is 1. The molecule has 0 saturated carbocycles. The van der Waals surface area contributed by atoms with Crippen LogP contribution in [0.1, 0.15) is 41.3 Å². The molecule has 1 aliphatic heterocycles. The lowest BCUT2D eigenvalue weighted by Gasteiger charge is -2.38. The van der Waals surface area contributed by atoms with Crippen LogP contribution in [-0.2, 0) is 11.2 Å². The maximum atomic E-state index is 13.4. The molecule has 0 bridgehead atoms. The van der Waals surface area contributed by atoms with Crippen LogP contribution in [0.15, 0.2) is 91.3 Å². The highest BCUT2D eigenvalue weighted by Gasteiger charge is 2.34. The molecule has 34 heavy (non-hydrogen) atoms. The molecule has 0 fully saturated rings. The number of amides is 1. The van der Waals surface area contributed by atoms with Crippen molar-refractivity contribution in [2.24, 2.45) is 0 Å². The van der Waals surface area contributed by atoms with E-state index in [1.807, 2.05) is 83.8 Å². The van der Waals surface area contributed by atoms with Gasteiger partial charge in [-0.1, -0.05) is 29.8 Å². The SMILES string of the molecule is CC(Nc1ccc(N2C(=O)Cc3ccc(N)cc3C2c2ccc(Cl)cc2)cc1)c1ccncc1. The lowest BCUT2D eigenvalue weighted by atomic mass is 9.87. The zero-order valence-electron chi connectivity index (χ0n) is 18.8. The number of carbonyl (C=O) groups excluding carboxylic acids is 1. The van der Waals surface area contributed by atoms with E-state index in [-0.39, 0.29) is 18.0 Å². The van der Waals surface area contributed by atoms with Gasteiger partial charge in [0.25, 0.3) is 0 Å². The zero-order chi connectivity index (χ0) is 23.7. The zero-order valence-corrected chi connectivity index (χ0v) is 19.5. The normalized spacial score (nSPS) is 16.1. The minimum absolute atomic E-state index is 0.0445. The second kappa shape index (κ2) is 9.20. The predicted octanol–water partition coefficient (Wildman–Crippen LogP) is 6.17. The van der Waals surface area contributed by atoms with Gasteiger partial charge >= 0.3 is 0 Å². The van der Waals surface area contributed by atoms with E-state index in [4.69, 9.17) is 17.3 Å². The molecule has 3 N–H and O–H groups in total. The topological polar surface area (TPSA) is 71.2 Å². The number of rotatable bonds is 5. The molecule has 1 amide bonds. The number of pyridine rings is 1. The highest BCUT2D eigenvalue weighted by molar-refractivity contribution is 6.30. The van der Waals surface area contributed by atoms with E-state index < -0.39 is 0 Å². The Morgan fingerprint density at radius 1 is 1.00 bits per heavy atom. The van der Waals surface area contributed by atoms with Gasteiger partial charge < -0.3 is 16.0 Å². The van der Waals surface area contributed by atoms with Gasteiger partial charge in [0.05, 0.1) is 12.5 Å². The van der Waals surface area contributed by atoms with E-state index >= 15 is 0 Å². The van der Waals surface area contributed by atoms with Crippen molar-refractivity contribution in [2.45, 2.75) is 25.4 Å². The molecule has 5 rings (SSSR count). The maximum Gasteiger partial charge on any atom is 0.232 e. The molecular weight excluding hydrogens is 444 g/mol. The molecule has 5 nitrogen and oxygen atoms in total. The Hall–Kier alpha value is -3.83. The molecule has 4 aromatic rings. The average Bonchev–Trinajstić information content (AvgIpc) is 2.85. The van der Waals surface area contributed by atoms with Crippen LogP contribution in [-0.4, -0.2) is 10.9 Å². The third-order valence-electron chi connectivity index (χ3n) is 6.25. The number of fused-ring (bicyclic) bond motifs is 1. The summed E-state index contributed by atoms with van der Waals surface area (Å²) >= 11 is 6.15. The molecule has 1 aromatic heterocycles. The summed E-state index contributed by atoms with van der Waals surface area (Å²) in [6, 6.07) is 25.3. The number of hydrogen-bond donors (Lipinski definition) is 2. The van der Waals surface area contributed by atoms with E-state index in [1.165, 1.54) is 0 Å². The molecule has 3 aromatic carbocycles. The highest BCUT2D eigenvalue weighted by Crippen LogP contribution is 2.40. The lowest BCUT2D eigenvalue weighted by Crippen LogP contribution is -2.41. The number of anilines is 3. The van der Waals surface area contributed by atoms with E-state index in [0.717, 1.165) is 33.6 Å². The molecule has 1 aliphatic rings. The molecule has 2 atom stereocenters. The Morgan fingerprint density at radius 2 is 1.71 bits per heavy atom. The Bertz CT molecular complexity index is 1310. The van der Waals surface area contributed by atoms with Crippen molar-refractivity contribution in [3.63, 3.8) is 0 Å². The lowest BCUT2D eigenvalue weighted by molar-refractivity contribution is -0.118. The minimum Gasteiger partial charge on any atom is -0.399 e. The van der Waals surface area contributed by atoms with Gasteiger partial charge in [-0.05, 0) is 89.8 Å². The van der Waals surface area contributed by atoms with Crippen molar-refractivity contribution in [3.05, 3.63) is 119 Å². The number of nitrogens with one attached hydrogen (secondary N) is 1. The summed E-state index contributed by atoms with van der Waals surface area (Å²) in [5.41, 5.74) is 12.8. The summed E-state index contributed by atoms with van der Waals surface area (Å²) in [6.07, 6.45) is 3.92. The first-order valence-corrected chi connectivity index (χ1v) is 11.6. The number of benzene rings is 3. The third-order valence-corrected chi connectivity index (χ3v) is 6.51. The molecule has 6 heteroatoms. The van der Waals surface area contributed by atoms with Crippen LogP contribution in [0.5, 0.6) is 0 Å². The second-order valence-electron chi connectivity index (χ2n) is 8.55. The van der Waals surface area contributed by atoms with Crippen LogP contribution in [0.25, 0.3) is 0 Å². The first kappa shape index (κ1) is 22.0. The van der Waals surface area contributed by atoms with Crippen molar-refractivity contribution >= 4 is 34.6 Å². The first-order chi connectivity index (χ1) is 16.5. The van der Waals surface area contributed by atoms with Gasteiger partial charge in [0.2, 0.25) is 5.91 Å². The van der Waals surface area contributed by atoms with Crippen molar-refractivity contribution in [1.29, 1.82) is 0 Å². The van der Waals surface area contributed by atoms with Gasteiger partial charge in [0.15, 0.2) is 0 Å². The molecular formula is C28H25ClN4O. The van der Waals surface area contributed by atoms with Crippen LogP contribution in [0.3, 0.4) is 0 Å². The molecule has 2 unspecified atom stereocenters. The molecule has 0 spiro atoms. The van der Waals surface area contributed by atoms with E-state index in [9.17, 15) is 4.79 Å². The number of hydrogen-bond acceptors (Lipinski definition) is 4. The van der Waals surface area contributed by atoms with E-state index in [0.29, 0.717) is 17.1 Å². The summed E-state index contributed by atoms with van der Waals surface area (Å²) in [5, 5.41) is 4.17. The summed E-state index contributed by atoms with van der Waals surface area (Å²) < 4.78 is 0. The van der Waals surface area contributed by atoms with Crippen molar-refractivity contribution in [3.8, 4) is 0 Å². The van der Waals surface area contributed by atoms with Gasteiger partial charge in [-0.2, -0.15) is 0 Å². The summed E-state index contributed by atoms with van der Waals surface area (Å²) in [6.45, 7) is 2.11. The van der Waals surface area contributed by atoms with E-state index in [1.54, 1.807) is 12.4 Å². The van der Waals surface area contributed by atoms with E-state index in [2.05, 4.69) is 17.2 Å². The van der Waals surface area contributed by atoms with Crippen LogP contribution in [0.4, 0.5) is 17.1 Å². The molecule has 170 valence electrons. The standard InChI is InChI=1S/C28H25ClN4O/c1-18(19-12-14-31-15-13-19)32-24-8-10-25(11-9-24)33-27(34)16-21-4-7-23(30)17-26(21)28(33)20-2-5-22(29)6-3-20/h2-15,17-18,28,32H,16,30H2,1H3. The summed E-state index contributed by atoms with van der Waals surface area (Å²) in [4.78, 5) is 19.3. The maximum absolute atomic E-state index is 13.4. The Labute approximate surface area is 204 Å². The summed E-state index contributed by atoms with van der Waals surface area (Å²) in [5.74, 6) is 0.0445. The smallest absolute Gasteiger partial charge is 0.232 e. The van der Waals surface area contributed by atoms with Crippen molar-refractivity contribution in [2.75, 3.05) is 16.0 Å². The van der Waals surface area contributed by atoms with Gasteiger partial charge in [0.1, 0.15) is 0 Å². The third kappa shape index (κ3) is 4.35. The Morgan fingerprint density at radius 3 is 2.41 bits per heavy atom. The number of nitrogens with two attached hydrogens (primary N) is 1.